The van der Waals surface area contributed by atoms with Gasteiger partial charge in [0.2, 0.25) is 0 Å². The van der Waals surface area contributed by atoms with Crippen molar-refractivity contribution in [1.29, 1.82) is 0 Å². The number of halogens is 2. The minimum atomic E-state index is -0.747. The van der Waals surface area contributed by atoms with Gasteiger partial charge in [0.1, 0.15) is 0 Å². The lowest BCUT2D eigenvalue weighted by atomic mass is 10.1. The van der Waals surface area contributed by atoms with E-state index in [0.29, 0.717) is 10.6 Å². The third-order valence-electron chi connectivity index (χ3n) is 2.48. The standard InChI is InChI=1S/C13H12ClFN2O/c14-10-5-3-9(4-6-10)12(18)8-17-13-11(15)2-1-7-16-13/h1-7,12,18H,8H2,(H,16,17)/t12-/m1/s1. The highest BCUT2D eigenvalue weighted by molar-refractivity contribution is 6.30. The Hall–Kier alpha value is -1.65. The Labute approximate surface area is 109 Å². The van der Waals surface area contributed by atoms with Crippen molar-refractivity contribution in [2.75, 3.05) is 11.9 Å². The van der Waals surface area contributed by atoms with E-state index in [1.165, 1.54) is 18.3 Å². The van der Waals surface area contributed by atoms with Gasteiger partial charge in [-0.2, -0.15) is 0 Å². The zero-order chi connectivity index (χ0) is 13.0. The maximum Gasteiger partial charge on any atom is 0.165 e. The highest BCUT2D eigenvalue weighted by Gasteiger charge is 2.09. The van der Waals surface area contributed by atoms with Crippen LogP contribution in [0.25, 0.3) is 0 Å². The molecule has 1 heterocycles. The van der Waals surface area contributed by atoms with Crippen LogP contribution in [-0.4, -0.2) is 16.6 Å². The number of anilines is 1. The van der Waals surface area contributed by atoms with Crippen molar-refractivity contribution >= 4 is 17.4 Å². The quantitative estimate of drug-likeness (QED) is 0.894. The van der Waals surface area contributed by atoms with Crippen LogP contribution in [0.15, 0.2) is 42.6 Å². The summed E-state index contributed by atoms with van der Waals surface area (Å²) >= 11 is 5.75. The number of nitrogens with zero attached hydrogens (tertiary/aromatic N) is 1. The number of nitrogens with one attached hydrogen (secondary N) is 1. The molecule has 0 amide bonds. The van der Waals surface area contributed by atoms with Gasteiger partial charge in [-0.05, 0) is 29.8 Å². The Morgan fingerprint density at radius 3 is 2.67 bits per heavy atom. The topological polar surface area (TPSA) is 45.1 Å². The lowest BCUT2D eigenvalue weighted by Gasteiger charge is -2.13. The highest BCUT2D eigenvalue weighted by Crippen LogP contribution is 2.17. The van der Waals surface area contributed by atoms with Gasteiger partial charge >= 0.3 is 0 Å². The number of pyridine rings is 1. The van der Waals surface area contributed by atoms with Crippen molar-refractivity contribution in [2.45, 2.75) is 6.10 Å². The van der Waals surface area contributed by atoms with E-state index in [0.717, 1.165) is 0 Å². The van der Waals surface area contributed by atoms with Gasteiger partial charge in [-0.3, -0.25) is 0 Å². The third-order valence-corrected chi connectivity index (χ3v) is 2.73. The first-order chi connectivity index (χ1) is 8.66. The molecule has 1 aromatic carbocycles. The second kappa shape index (κ2) is 5.80. The van der Waals surface area contributed by atoms with Crippen LogP contribution < -0.4 is 5.32 Å². The van der Waals surface area contributed by atoms with Gasteiger partial charge in [-0.15, -0.1) is 0 Å². The molecule has 5 heteroatoms. The van der Waals surface area contributed by atoms with E-state index in [2.05, 4.69) is 10.3 Å². The average Bonchev–Trinajstić information content (AvgIpc) is 2.38. The number of hydrogen-bond acceptors (Lipinski definition) is 3. The summed E-state index contributed by atoms with van der Waals surface area (Å²) < 4.78 is 13.3. The van der Waals surface area contributed by atoms with E-state index in [-0.39, 0.29) is 12.4 Å². The fourth-order valence-electron chi connectivity index (χ4n) is 1.51. The third kappa shape index (κ3) is 3.18. The molecule has 0 fully saturated rings. The number of hydrogen-bond donors (Lipinski definition) is 2. The molecule has 0 aliphatic rings. The molecule has 18 heavy (non-hydrogen) atoms. The molecule has 0 spiro atoms. The molecule has 0 saturated heterocycles. The predicted molar refractivity (Wildman–Crippen MR) is 69.1 cm³/mol. The van der Waals surface area contributed by atoms with E-state index in [1.54, 1.807) is 24.3 Å². The summed E-state index contributed by atoms with van der Waals surface area (Å²) in [5, 5.41) is 13.3. The zero-order valence-electron chi connectivity index (χ0n) is 9.48. The minimum Gasteiger partial charge on any atom is -0.387 e. The van der Waals surface area contributed by atoms with Crippen LogP contribution in [0, 0.1) is 5.82 Å². The summed E-state index contributed by atoms with van der Waals surface area (Å²) in [5.74, 6) is -0.314. The zero-order valence-corrected chi connectivity index (χ0v) is 10.2. The number of rotatable bonds is 4. The van der Waals surface area contributed by atoms with Crippen LogP contribution in [0.4, 0.5) is 10.2 Å². The monoisotopic (exact) mass is 266 g/mol. The smallest absolute Gasteiger partial charge is 0.165 e. The lowest BCUT2D eigenvalue weighted by molar-refractivity contribution is 0.191. The molecule has 0 unspecified atom stereocenters. The van der Waals surface area contributed by atoms with Gasteiger partial charge in [0.05, 0.1) is 6.10 Å². The van der Waals surface area contributed by atoms with Crippen LogP contribution in [0.5, 0.6) is 0 Å². The number of aliphatic hydroxyl groups is 1. The van der Waals surface area contributed by atoms with Crippen molar-refractivity contribution in [1.82, 2.24) is 4.98 Å². The Kier molecular flexibility index (Phi) is 4.12. The van der Waals surface area contributed by atoms with Crippen molar-refractivity contribution in [3.05, 3.63) is 59.0 Å². The van der Waals surface area contributed by atoms with Crippen LogP contribution >= 0.6 is 11.6 Å². The predicted octanol–water partition coefficient (Wildman–Crippen LogP) is 3.02. The number of aromatic nitrogens is 1. The highest BCUT2D eigenvalue weighted by atomic mass is 35.5. The molecule has 0 radical (unpaired) electrons. The molecule has 0 aliphatic heterocycles. The molecular formula is C13H12ClFN2O. The molecular weight excluding hydrogens is 255 g/mol. The van der Waals surface area contributed by atoms with Crippen LogP contribution in [0.1, 0.15) is 11.7 Å². The fraction of sp³-hybridized carbons (Fsp3) is 0.154. The van der Waals surface area contributed by atoms with Gasteiger partial charge in [-0.1, -0.05) is 23.7 Å². The molecule has 2 rings (SSSR count). The maximum atomic E-state index is 13.3. The Bertz CT molecular complexity index is 519. The normalized spacial score (nSPS) is 12.2. The molecule has 3 nitrogen and oxygen atoms in total. The average molecular weight is 267 g/mol. The van der Waals surface area contributed by atoms with Gasteiger partial charge in [-0.25, -0.2) is 9.37 Å². The van der Waals surface area contributed by atoms with Gasteiger partial charge in [0, 0.05) is 17.8 Å². The van der Waals surface area contributed by atoms with Gasteiger partial charge in [0.15, 0.2) is 11.6 Å². The summed E-state index contributed by atoms with van der Waals surface area (Å²) in [6.07, 6.45) is 0.740. The van der Waals surface area contributed by atoms with E-state index < -0.39 is 11.9 Å². The molecule has 1 aromatic heterocycles. The van der Waals surface area contributed by atoms with Crippen molar-refractivity contribution in [3.8, 4) is 0 Å². The molecule has 0 saturated carbocycles. The largest absolute Gasteiger partial charge is 0.387 e. The number of benzene rings is 1. The second-order valence-corrected chi connectivity index (χ2v) is 4.22. The molecule has 2 N–H and O–H groups in total. The van der Waals surface area contributed by atoms with Crippen LogP contribution in [0.2, 0.25) is 5.02 Å². The molecule has 0 bridgehead atoms. The molecule has 2 aromatic rings. The minimum absolute atomic E-state index is 0.130. The molecule has 0 aliphatic carbocycles. The fourth-order valence-corrected chi connectivity index (χ4v) is 1.64. The van der Waals surface area contributed by atoms with E-state index in [9.17, 15) is 9.50 Å². The van der Waals surface area contributed by atoms with Gasteiger partial charge in [0.25, 0.3) is 0 Å². The Balaban J connectivity index is 1.98. The van der Waals surface area contributed by atoms with Crippen LogP contribution in [0.3, 0.4) is 0 Å². The van der Waals surface area contributed by atoms with E-state index in [1.807, 2.05) is 0 Å². The number of aliphatic hydroxyl groups excluding tert-OH is 1. The van der Waals surface area contributed by atoms with E-state index >= 15 is 0 Å². The van der Waals surface area contributed by atoms with Crippen molar-refractivity contribution < 1.29 is 9.50 Å². The molecule has 94 valence electrons. The Morgan fingerprint density at radius 2 is 2.00 bits per heavy atom. The second-order valence-electron chi connectivity index (χ2n) is 3.78. The summed E-state index contributed by atoms with van der Waals surface area (Å²) in [5.41, 5.74) is 0.711. The first-order valence-corrected chi connectivity index (χ1v) is 5.82. The lowest BCUT2D eigenvalue weighted by Crippen LogP contribution is -2.13. The maximum absolute atomic E-state index is 13.3. The van der Waals surface area contributed by atoms with E-state index in [4.69, 9.17) is 11.6 Å². The molecule has 1 atom stereocenters. The first-order valence-electron chi connectivity index (χ1n) is 5.45. The summed E-state index contributed by atoms with van der Waals surface area (Å²) in [6.45, 7) is 0.176. The van der Waals surface area contributed by atoms with Crippen molar-refractivity contribution in [3.63, 3.8) is 0 Å². The SMILES string of the molecule is O[C@H](CNc1ncccc1F)c1ccc(Cl)cc1. The van der Waals surface area contributed by atoms with Gasteiger partial charge < -0.3 is 10.4 Å². The van der Waals surface area contributed by atoms with Crippen molar-refractivity contribution in [2.24, 2.45) is 0 Å². The summed E-state index contributed by atoms with van der Waals surface area (Å²) in [6, 6.07) is 9.66. The Morgan fingerprint density at radius 1 is 1.28 bits per heavy atom. The summed E-state index contributed by atoms with van der Waals surface area (Å²) in [7, 11) is 0. The summed E-state index contributed by atoms with van der Waals surface area (Å²) in [4.78, 5) is 3.84. The van der Waals surface area contributed by atoms with Crippen LogP contribution in [-0.2, 0) is 0 Å². The first kappa shape index (κ1) is 12.8.